The predicted octanol–water partition coefficient (Wildman–Crippen LogP) is 0.275. The van der Waals surface area contributed by atoms with Crippen molar-refractivity contribution in [3.8, 4) is 0 Å². The number of benzene rings is 1. The molecule has 7 nitrogen and oxygen atoms in total. The molecule has 17 heavy (non-hydrogen) atoms. The molecule has 1 heterocycles. The summed E-state index contributed by atoms with van der Waals surface area (Å²) in [7, 11) is 0. The van der Waals surface area contributed by atoms with Gasteiger partial charge in [0.15, 0.2) is 0 Å². The molecule has 1 aromatic carbocycles. The van der Waals surface area contributed by atoms with Crippen LogP contribution in [0.1, 0.15) is 0 Å². The third kappa shape index (κ3) is 2.71. The molecule has 0 aromatic heterocycles. The highest BCUT2D eigenvalue weighted by Gasteiger charge is 2.27. The van der Waals surface area contributed by atoms with Crippen molar-refractivity contribution >= 4 is 23.7 Å². The van der Waals surface area contributed by atoms with Crippen molar-refractivity contribution in [2.45, 2.75) is 0 Å². The quantitative estimate of drug-likeness (QED) is 0.642. The second-order valence-electron chi connectivity index (χ2n) is 3.37. The van der Waals surface area contributed by atoms with Crippen molar-refractivity contribution in [3.63, 3.8) is 0 Å². The van der Waals surface area contributed by atoms with Crippen LogP contribution in [0.15, 0.2) is 30.3 Å². The Morgan fingerprint density at radius 1 is 1.24 bits per heavy atom. The van der Waals surface area contributed by atoms with Gasteiger partial charge in [-0.05, 0) is 12.1 Å². The SMILES string of the molecule is O=C1CN(NC(=O)Nc2ccccc2)C(=O)N1. The maximum absolute atomic E-state index is 11.5. The maximum Gasteiger partial charge on any atom is 0.343 e. The summed E-state index contributed by atoms with van der Waals surface area (Å²) in [5, 5.41) is 5.47. The summed E-state index contributed by atoms with van der Waals surface area (Å²) in [4.78, 5) is 33.4. The normalized spacial score (nSPS) is 14.5. The monoisotopic (exact) mass is 234 g/mol. The number of hydrazine groups is 1. The standard InChI is InChI=1S/C10H10N4O3/c15-8-6-14(10(17)12-8)13-9(16)11-7-4-2-1-3-5-7/h1-5H,6H2,(H2,11,13,16)(H,12,15,17). The second kappa shape index (κ2) is 4.52. The molecule has 0 saturated carbocycles. The van der Waals surface area contributed by atoms with E-state index in [0.717, 1.165) is 5.01 Å². The van der Waals surface area contributed by atoms with Crippen molar-refractivity contribution in [1.82, 2.24) is 15.8 Å². The molecule has 7 heteroatoms. The summed E-state index contributed by atoms with van der Waals surface area (Å²) in [6, 6.07) is 7.53. The predicted molar refractivity (Wildman–Crippen MR) is 58.8 cm³/mol. The number of urea groups is 2. The number of imide groups is 1. The number of nitrogens with zero attached hydrogens (tertiary/aromatic N) is 1. The molecule has 3 N–H and O–H groups in total. The van der Waals surface area contributed by atoms with Crippen LogP contribution in [0.2, 0.25) is 0 Å². The molecular formula is C10H10N4O3. The van der Waals surface area contributed by atoms with E-state index in [9.17, 15) is 14.4 Å². The molecule has 1 fully saturated rings. The van der Waals surface area contributed by atoms with Gasteiger partial charge in [-0.3, -0.25) is 10.1 Å². The minimum atomic E-state index is -0.641. The largest absolute Gasteiger partial charge is 0.343 e. The van der Waals surface area contributed by atoms with E-state index in [2.05, 4.69) is 10.7 Å². The van der Waals surface area contributed by atoms with E-state index < -0.39 is 18.0 Å². The molecule has 1 saturated heterocycles. The van der Waals surface area contributed by atoms with Gasteiger partial charge in [0.25, 0.3) is 0 Å². The number of anilines is 1. The van der Waals surface area contributed by atoms with Crippen molar-refractivity contribution in [2.24, 2.45) is 0 Å². The van der Waals surface area contributed by atoms with Crippen LogP contribution >= 0.6 is 0 Å². The van der Waals surface area contributed by atoms with Crippen molar-refractivity contribution in [1.29, 1.82) is 0 Å². The molecule has 0 radical (unpaired) electrons. The van der Waals surface area contributed by atoms with Crippen molar-refractivity contribution in [3.05, 3.63) is 30.3 Å². The van der Waals surface area contributed by atoms with Gasteiger partial charge in [0.1, 0.15) is 6.54 Å². The van der Waals surface area contributed by atoms with Gasteiger partial charge < -0.3 is 5.32 Å². The molecule has 1 aliphatic rings. The molecule has 1 aromatic rings. The van der Waals surface area contributed by atoms with Crippen LogP contribution in [-0.2, 0) is 4.79 Å². The van der Waals surface area contributed by atoms with Crippen molar-refractivity contribution < 1.29 is 14.4 Å². The van der Waals surface area contributed by atoms with Crippen LogP contribution in [0.25, 0.3) is 0 Å². The first-order valence-corrected chi connectivity index (χ1v) is 4.89. The Morgan fingerprint density at radius 2 is 1.94 bits per heavy atom. The molecule has 0 unspecified atom stereocenters. The van der Waals surface area contributed by atoms with Crippen LogP contribution in [0.4, 0.5) is 15.3 Å². The van der Waals surface area contributed by atoms with E-state index in [4.69, 9.17) is 0 Å². The van der Waals surface area contributed by atoms with Gasteiger partial charge in [0, 0.05) is 5.69 Å². The van der Waals surface area contributed by atoms with E-state index >= 15 is 0 Å². The average molecular weight is 234 g/mol. The third-order valence-electron chi connectivity index (χ3n) is 2.06. The number of nitrogens with one attached hydrogen (secondary N) is 3. The molecule has 2 rings (SSSR count). The first-order chi connectivity index (χ1) is 8.15. The van der Waals surface area contributed by atoms with Gasteiger partial charge in [-0.1, -0.05) is 18.2 Å². The second-order valence-corrected chi connectivity index (χ2v) is 3.37. The zero-order chi connectivity index (χ0) is 12.3. The van der Waals surface area contributed by atoms with Crippen LogP contribution in [0, 0.1) is 0 Å². The number of amides is 5. The van der Waals surface area contributed by atoms with Gasteiger partial charge in [0.05, 0.1) is 0 Å². The molecule has 0 bridgehead atoms. The summed E-state index contributed by atoms with van der Waals surface area (Å²) in [6.07, 6.45) is 0. The number of hydrogen-bond donors (Lipinski definition) is 3. The Morgan fingerprint density at radius 3 is 2.53 bits per heavy atom. The van der Waals surface area contributed by atoms with Crippen LogP contribution in [0.5, 0.6) is 0 Å². The van der Waals surface area contributed by atoms with Crippen LogP contribution in [-0.4, -0.2) is 29.5 Å². The fourth-order valence-electron chi connectivity index (χ4n) is 1.34. The van der Waals surface area contributed by atoms with E-state index in [1.807, 2.05) is 11.4 Å². The van der Waals surface area contributed by atoms with E-state index in [1.54, 1.807) is 24.3 Å². The fourth-order valence-corrected chi connectivity index (χ4v) is 1.34. The third-order valence-corrected chi connectivity index (χ3v) is 2.06. The molecule has 0 spiro atoms. The Kier molecular flexibility index (Phi) is 2.91. The van der Waals surface area contributed by atoms with Gasteiger partial charge in [-0.2, -0.15) is 0 Å². The highest BCUT2D eigenvalue weighted by atomic mass is 16.2. The molecule has 5 amide bonds. The smallest absolute Gasteiger partial charge is 0.307 e. The van der Waals surface area contributed by atoms with Gasteiger partial charge >= 0.3 is 12.1 Å². The lowest BCUT2D eigenvalue weighted by molar-refractivity contribution is -0.118. The maximum atomic E-state index is 11.5. The Bertz CT molecular complexity index is 460. The van der Waals surface area contributed by atoms with E-state index in [-0.39, 0.29) is 6.54 Å². The minimum Gasteiger partial charge on any atom is -0.307 e. The van der Waals surface area contributed by atoms with Crippen LogP contribution in [0.3, 0.4) is 0 Å². The van der Waals surface area contributed by atoms with Crippen molar-refractivity contribution in [2.75, 3.05) is 11.9 Å². The minimum absolute atomic E-state index is 0.180. The topological polar surface area (TPSA) is 90.5 Å². The summed E-state index contributed by atoms with van der Waals surface area (Å²) in [6.45, 7) is -0.180. The van der Waals surface area contributed by atoms with E-state index in [0.29, 0.717) is 5.69 Å². The summed E-state index contributed by atoms with van der Waals surface area (Å²) < 4.78 is 0. The number of hydrogen-bond acceptors (Lipinski definition) is 3. The number of para-hydroxylation sites is 1. The number of carbonyl (C=O) groups excluding carboxylic acids is 3. The average Bonchev–Trinajstić information content (AvgIpc) is 2.58. The molecule has 0 atom stereocenters. The fraction of sp³-hybridized carbons (Fsp3) is 0.100. The number of carbonyl (C=O) groups is 3. The molecule has 0 aliphatic carbocycles. The lowest BCUT2D eigenvalue weighted by atomic mass is 10.3. The molecule has 1 aliphatic heterocycles. The Labute approximate surface area is 96.7 Å². The first kappa shape index (κ1) is 10.9. The van der Waals surface area contributed by atoms with Gasteiger partial charge in [-0.15, -0.1) is 0 Å². The van der Waals surface area contributed by atoms with Gasteiger partial charge in [-0.25, -0.2) is 20.0 Å². The zero-order valence-corrected chi connectivity index (χ0v) is 8.77. The summed E-state index contributed by atoms with van der Waals surface area (Å²) in [5.74, 6) is -0.449. The molecule has 88 valence electrons. The highest BCUT2D eigenvalue weighted by molar-refractivity contribution is 6.03. The Hall–Kier alpha value is -2.57. The first-order valence-electron chi connectivity index (χ1n) is 4.89. The molecular weight excluding hydrogens is 224 g/mol. The summed E-state index contributed by atoms with van der Waals surface area (Å²) in [5.41, 5.74) is 2.85. The Balaban J connectivity index is 1.90. The highest BCUT2D eigenvalue weighted by Crippen LogP contribution is 2.04. The summed E-state index contributed by atoms with van der Waals surface area (Å²) >= 11 is 0. The zero-order valence-electron chi connectivity index (χ0n) is 8.77. The lowest BCUT2D eigenvalue weighted by Gasteiger charge is -2.14. The van der Waals surface area contributed by atoms with E-state index in [1.165, 1.54) is 0 Å². The van der Waals surface area contributed by atoms with Crippen LogP contribution < -0.4 is 16.1 Å². The van der Waals surface area contributed by atoms with Gasteiger partial charge in [0.2, 0.25) is 5.91 Å². The number of rotatable bonds is 2. The lowest BCUT2D eigenvalue weighted by Crippen LogP contribution is -2.46.